The Morgan fingerprint density at radius 2 is 1.56 bits per heavy atom. The maximum Gasteiger partial charge on any atom is 0.141 e. The third kappa shape index (κ3) is 4.04. The topological polar surface area (TPSA) is 30.3 Å². The number of rotatable bonds is 7. The molecule has 32 heavy (non-hydrogen) atoms. The van der Waals surface area contributed by atoms with Crippen molar-refractivity contribution in [3.8, 4) is 17.1 Å². The number of benzene rings is 4. The zero-order valence-electron chi connectivity index (χ0n) is 18.5. The first kappa shape index (κ1) is 20.1. The van der Waals surface area contributed by atoms with E-state index in [1.807, 2.05) is 12.1 Å². The quantitative estimate of drug-likeness (QED) is 0.285. The normalized spacial score (nSPS) is 11.2. The summed E-state index contributed by atoms with van der Waals surface area (Å²) in [5.74, 6) is 1.92. The van der Waals surface area contributed by atoms with E-state index in [0.717, 1.165) is 41.1 Å². The molecule has 160 valence electrons. The van der Waals surface area contributed by atoms with Crippen LogP contribution >= 0.6 is 0 Å². The molecular formula is C28H27N3O. The molecule has 0 saturated carbocycles. The number of para-hydroxylation sites is 2. The largest absolute Gasteiger partial charge is 0.494 e. The molecule has 0 atom stereocenters. The molecule has 0 saturated heterocycles. The number of fused-ring (bicyclic) bond motifs is 2. The molecule has 0 amide bonds. The lowest BCUT2D eigenvalue weighted by Gasteiger charge is -2.14. The minimum absolute atomic E-state index is 0.657. The van der Waals surface area contributed by atoms with Gasteiger partial charge in [-0.3, -0.25) is 0 Å². The summed E-state index contributed by atoms with van der Waals surface area (Å²) in [6.45, 7) is 1.50. The van der Waals surface area contributed by atoms with Crippen molar-refractivity contribution in [3.63, 3.8) is 0 Å². The van der Waals surface area contributed by atoms with Crippen LogP contribution in [0.25, 0.3) is 33.2 Å². The molecule has 0 aliphatic heterocycles. The van der Waals surface area contributed by atoms with Crippen LogP contribution in [-0.2, 0) is 6.54 Å². The van der Waals surface area contributed by atoms with Crippen LogP contribution in [-0.4, -0.2) is 30.3 Å². The van der Waals surface area contributed by atoms with Gasteiger partial charge in [-0.15, -0.1) is 0 Å². The first-order chi connectivity index (χ1) is 15.7. The Hall–Kier alpha value is -3.79. The fourth-order valence-electron chi connectivity index (χ4n) is 4.10. The van der Waals surface area contributed by atoms with Crippen LogP contribution in [0.2, 0.25) is 0 Å². The van der Waals surface area contributed by atoms with Gasteiger partial charge in [0.1, 0.15) is 11.6 Å². The van der Waals surface area contributed by atoms with E-state index in [2.05, 4.69) is 102 Å². The highest BCUT2D eigenvalue weighted by molar-refractivity contribution is 5.83. The molecule has 1 heterocycles. The summed E-state index contributed by atoms with van der Waals surface area (Å²) in [5, 5.41) is 2.43. The van der Waals surface area contributed by atoms with E-state index in [0.29, 0.717) is 6.61 Å². The predicted octanol–water partition coefficient (Wildman–Crippen LogP) is 6.39. The van der Waals surface area contributed by atoms with E-state index < -0.39 is 0 Å². The molecule has 0 aliphatic carbocycles. The molecule has 5 aromatic rings. The fourth-order valence-corrected chi connectivity index (χ4v) is 4.10. The number of imidazole rings is 1. The predicted molar refractivity (Wildman–Crippen MR) is 134 cm³/mol. The van der Waals surface area contributed by atoms with Crippen LogP contribution in [0, 0.1) is 0 Å². The first-order valence-electron chi connectivity index (χ1n) is 11.0. The molecule has 0 fully saturated rings. The van der Waals surface area contributed by atoms with E-state index in [9.17, 15) is 0 Å². The van der Waals surface area contributed by atoms with E-state index in [1.165, 1.54) is 16.5 Å². The van der Waals surface area contributed by atoms with E-state index in [1.54, 1.807) is 0 Å². The van der Waals surface area contributed by atoms with Gasteiger partial charge < -0.3 is 14.2 Å². The number of hydrogen-bond acceptors (Lipinski definition) is 3. The van der Waals surface area contributed by atoms with Gasteiger partial charge in [0.05, 0.1) is 17.6 Å². The molecule has 0 N–H and O–H groups in total. The second-order valence-electron chi connectivity index (χ2n) is 8.23. The summed E-state index contributed by atoms with van der Waals surface area (Å²) in [5.41, 5.74) is 4.49. The van der Waals surface area contributed by atoms with Crippen LogP contribution in [0.1, 0.15) is 6.42 Å². The third-order valence-electron chi connectivity index (χ3n) is 5.81. The number of anilines is 1. The Morgan fingerprint density at radius 1 is 0.812 bits per heavy atom. The van der Waals surface area contributed by atoms with Gasteiger partial charge >= 0.3 is 0 Å². The zero-order chi connectivity index (χ0) is 21.9. The molecular weight excluding hydrogens is 394 g/mol. The van der Waals surface area contributed by atoms with Crippen molar-refractivity contribution in [2.24, 2.45) is 0 Å². The summed E-state index contributed by atoms with van der Waals surface area (Å²) < 4.78 is 8.38. The van der Waals surface area contributed by atoms with Crippen molar-refractivity contribution in [2.75, 3.05) is 25.6 Å². The SMILES string of the molecule is CN(C)c1ccc(-c2nc3ccccc3n2CCCOc2ccc3ccccc3c2)cc1. The standard InChI is InChI=1S/C28H27N3O/c1-30(2)24-15-12-22(13-16-24)28-29-26-10-5-6-11-27(26)31(28)18-7-19-32-25-17-14-21-8-3-4-9-23(21)20-25/h3-6,8-17,20H,7,18-19H2,1-2H3. The molecule has 0 radical (unpaired) electrons. The van der Waals surface area contributed by atoms with Gasteiger partial charge in [0.25, 0.3) is 0 Å². The van der Waals surface area contributed by atoms with Crippen molar-refractivity contribution in [1.82, 2.24) is 9.55 Å². The third-order valence-corrected chi connectivity index (χ3v) is 5.81. The highest BCUT2D eigenvalue weighted by Gasteiger charge is 2.12. The van der Waals surface area contributed by atoms with E-state index in [-0.39, 0.29) is 0 Å². The van der Waals surface area contributed by atoms with Crippen LogP contribution < -0.4 is 9.64 Å². The second-order valence-corrected chi connectivity index (χ2v) is 8.23. The van der Waals surface area contributed by atoms with Crippen LogP contribution in [0.4, 0.5) is 5.69 Å². The maximum atomic E-state index is 6.07. The summed E-state index contributed by atoms with van der Waals surface area (Å²) in [6.07, 6.45) is 0.899. The van der Waals surface area contributed by atoms with E-state index >= 15 is 0 Å². The van der Waals surface area contributed by atoms with Gasteiger partial charge in [-0.1, -0.05) is 42.5 Å². The average molecular weight is 422 g/mol. The summed E-state index contributed by atoms with van der Waals surface area (Å²) in [7, 11) is 4.11. The van der Waals surface area contributed by atoms with Gasteiger partial charge in [-0.2, -0.15) is 0 Å². The molecule has 4 nitrogen and oxygen atoms in total. The van der Waals surface area contributed by atoms with Crippen LogP contribution in [0.3, 0.4) is 0 Å². The molecule has 5 rings (SSSR count). The molecule has 4 aromatic carbocycles. The lowest BCUT2D eigenvalue weighted by Crippen LogP contribution is -2.08. The maximum absolute atomic E-state index is 6.07. The molecule has 1 aromatic heterocycles. The van der Waals surface area contributed by atoms with Crippen LogP contribution in [0.5, 0.6) is 5.75 Å². The van der Waals surface area contributed by atoms with E-state index in [4.69, 9.17) is 9.72 Å². The zero-order valence-corrected chi connectivity index (χ0v) is 18.5. The summed E-state index contributed by atoms with van der Waals surface area (Å²) in [4.78, 5) is 7.05. The van der Waals surface area contributed by atoms with Crippen molar-refractivity contribution in [1.29, 1.82) is 0 Å². The molecule has 0 spiro atoms. The van der Waals surface area contributed by atoms with Crippen molar-refractivity contribution in [3.05, 3.63) is 91.0 Å². The van der Waals surface area contributed by atoms with Gasteiger partial charge in [0, 0.05) is 31.9 Å². The minimum Gasteiger partial charge on any atom is -0.494 e. The highest BCUT2D eigenvalue weighted by atomic mass is 16.5. The average Bonchev–Trinajstić information content (AvgIpc) is 3.20. The van der Waals surface area contributed by atoms with Crippen LogP contribution in [0.15, 0.2) is 91.0 Å². The highest BCUT2D eigenvalue weighted by Crippen LogP contribution is 2.27. The Morgan fingerprint density at radius 3 is 2.38 bits per heavy atom. The molecule has 0 aliphatic rings. The number of ether oxygens (including phenoxy) is 1. The summed E-state index contributed by atoms with van der Waals surface area (Å²) >= 11 is 0. The Kier molecular flexibility index (Phi) is 5.51. The Labute approximate surface area is 188 Å². The van der Waals surface area contributed by atoms with Crippen molar-refractivity contribution in [2.45, 2.75) is 13.0 Å². The molecule has 0 bridgehead atoms. The Bertz CT molecular complexity index is 1350. The second kappa shape index (κ2) is 8.75. The van der Waals surface area contributed by atoms with Gasteiger partial charge in [0.15, 0.2) is 0 Å². The lowest BCUT2D eigenvalue weighted by atomic mass is 10.1. The van der Waals surface area contributed by atoms with Gasteiger partial charge in [-0.25, -0.2) is 4.98 Å². The van der Waals surface area contributed by atoms with Crippen molar-refractivity contribution >= 4 is 27.5 Å². The number of aryl methyl sites for hydroxylation is 1. The molecule has 0 unspecified atom stereocenters. The lowest BCUT2D eigenvalue weighted by molar-refractivity contribution is 0.303. The number of hydrogen-bond donors (Lipinski definition) is 0. The van der Waals surface area contributed by atoms with Gasteiger partial charge in [0.2, 0.25) is 0 Å². The monoisotopic (exact) mass is 421 g/mol. The number of nitrogens with zero attached hydrogens (tertiary/aromatic N) is 3. The fraction of sp³-hybridized carbons (Fsp3) is 0.179. The Balaban J connectivity index is 1.34. The number of aromatic nitrogens is 2. The van der Waals surface area contributed by atoms with Gasteiger partial charge in [-0.05, 0) is 65.7 Å². The van der Waals surface area contributed by atoms with Crippen molar-refractivity contribution < 1.29 is 4.74 Å². The minimum atomic E-state index is 0.657. The molecule has 4 heteroatoms. The summed E-state index contributed by atoms with van der Waals surface area (Å²) in [6, 6.07) is 31.6. The smallest absolute Gasteiger partial charge is 0.141 e. The first-order valence-corrected chi connectivity index (χ1v) is 11.0.